The molecule has 0 rings (SSSR count). The van der Waals surface area contributed by atoms with E-state index in [1.807, 2.05) is 0 Å². The third kappa shape index (κ3) is 41.0. The van der Waals surface area contributed by atoms with Crippen molar-refractivity contribution >= 4 is 5.91 Å². The van der Waals surface area contributed by atoms with Crippen molar-refractivity contribution in [2.75, 3.05) is 166 Å². The van der Waals surface area contributed by atoms with Crippen molar-refractivity contribution in [1.82, 2.24) is 5.32 Å². The fourth-order valence-electron chi connectivity index (χ4n) is 3.48. The number of unbranched alkanes of at least 4 members (excludes halogenated alkanes) is 3. The van der Waals surface area contributed by atoms with Crippen LogP contribution < -0.4 is 5.32 Å². The van der Waals surface area contributed by atoms with Gasteiger partial charge >= 0.3 is 0 Å². The smallest absolute Gasteiger partial charge is 0.222 e. The monoisotopic (exact) mass is 671 g/mol. The summed E-state index contributed by atoms with van der Waals surface area (Å²) >= 11 is 0. The molecule has 0 aromatic rings. The zero-order valence-corrected chi connectivity index (χ0v) is 28.8. The number of hydrogen-bond donors (Lipinski definition) is 1. The van der Waals surface area contributed by atoms with Gasteiger partial charge in [0.05, 0.1) is 152 Å². The first-order valence-corrected chi connectivity index (χ1v) is 16.9. The molecule has 1 N–H and O–H groups in total. The maximum absolute atomic E-state index is 11.7. The molecule has 0 atom stereocenters. The van der Waals surface area contributed by atoms with Gasteiger partial charge in [0.1, 0.15) is 0 Å². The van der Waals surface area contributed by atoms with E-state index in [1.54, 1.807) is 7.11 Å². The van der Waals surface area contributed by atoms with Crippen LogP contribution in [0.15, 0.2) is 0 Å². The van der Waals surface area contributed by atoms with Crippen molar-refractivity contribution < 1.29 is 61.6 Å². The standard InChI is InChI=1S/C32H65NO13/c1-3-4-5-6-8-33-32(34)7-9-36-12-13-38-16-17-40-20-21-42-24-25-44-28-29-46-31-30-45-27-26-43-23-22-41-19-18-39-15-14-37-11-10-35-2/h3-31H2,1-2H3,(H,33,34). The number of ether oxygens (including phenoxy) is 12. The highest BCUT2D eigenvalue weighted by Crippen LogP contribution is 1.97. The Kier molecular flexibility index (Phi) is 41.1. The molecule has 14 heteroatoms. The van der Waals surface area contributed by atoms with Gasteiger partial charge in [0.2, 0.25) is 5.91 Å². The second-order valence-corrected chi connectivity index (χ2v) is 9.89. The Balaban J connectivity index is 3.08. The minimum Gasteiger partial charge on any atom is -0.382 e. The molecule has 276 valence electrons. The van der Waals surface area contributed by atoms with E-state index in [0.29, 0.717) is 158 Å². The van der Waals surface area contributed by atoms with Crippen molar-refractivity contribution in [1.29, 1.82) is 0 Å². The zero-order valence-electron chi connectivity index (χ0n) is 28.8. The largest absolute Gasteiger partial charge is 0.382 e. The molecule has 0 aliphatic heterocycles. The summed E-state index contributed by atoms with van der Waals surface area (Å²) in [7, 11) is 1.64. The van der Waals surface area contributed by atoms with E-state index in [0.717, 1.165) is 19.4 Å². The summed E-state index contributed by atoms with van der Waals surface area (Å²) in [5, 5.41) is 2.92. The molecule has 0 saturated heterocycles. The third-order valence-corrected chi connectivity index (χ3v) is 5.98. The highest BCUT2D eigenvalue weighted by molar-refractivity contribution is 5.75. The van der Waals surface area contributed by atoms with Crippen LogP contribution in [-0.2, 0) is 61.6 Å². The fourth-order valence-corrected chi connectivity index (χ4v) is 3.48. The van der Waals surface area contributed by atoms with Crippen LogP contribution in [0.3, 0.4) is 0 Å². The van der Waals surface area contributed by atoms with Gasteiger partial charge in [-0.2, -0.15) is 0 Å². The van der Waals surface area contributed by atoms with Crippen molar-refractivity contribution in [3.63, 3.8) is 0 Å². The predicted molar refractivity (Wildman–Crippen MR) is 173 cm³/mol. The van der Waals surface area contributed by atoms with Crippen LogP contribution in [-0.4, -0.2) is 172 Å². The summed E-state index contributed by atoms with van der Waals surface area (Å²) in [6.07, 6.45) is 4.99. The SMILES string of the molecule is CCCCCCNC(=O)CCOCCOCCOCCOCCOCCOCCOCCOCCOCCOCCOCCOC. The predicted octanol–water partition coefficient (Wildman–Crippen LogP) is 1.90. The molecule has 1 amide bonds. The molecule has 46 heavy (non-hydrogen) atoms. The molecule has 0 unspecified atom stereocenters. The molecule has 0 spiro atoms. The minimum absolute atomic E-state index is 0.0401. The van der Waals surface area contributed by atoms with Crippen LogP contribution in [0.25, 0.3) is 0 Å². The van der Waals surface area contributed by atoms with Crippen LogP contribution in [0.2, 0.25) is 0 Å². The number of hydrogen-bond acceptors (Lipinski definition) is 13. The molecule has 0 radical (unpaired) electrons. The van der Waals surface area contributed by atoms with Gasteiger partial charge < -0.3 is 62.2 Å². The average Bonchev–Trinajstić information content (AvgIpc) is 3.06. The topological polar surface area (TPSA) is 140 Å². The lowest BCUT2D eigenvalue weighted by Gasteiger charge is -2.09. The van der Waals surface area contributed by atoms with Crippen LogP contribution in [0.5, 0.6) is 0 Å². The van der Waals surface area contributed by atoms with Crippen LogP contribution in [0, 0.1) is 0 Å². The molecule has 0 aromatic heterocycles. The highest BCUT2D eigenvalue weighted by Gasteiger charge is 2.01. The highest BCUT2D eigenvalue weighted by atomic mass is 16.6. The van der Waals surface area contributed by atoms with Crippen molar-refractivity contribution in [2.45, 2.75) is 39.0 Å². The normalized spacial score (nSPS) is 11.4. The molecular weight excluding hydrogens is 606 g/mol. The minimum atomic E-state index is 0.0401. The van der Waals surface area contributed by atoms with Gasteiger partial charge in [0.25, 0.3) is 0 Å². The first-order chi connectivity index (χ1) is 22.8. The lowest BCUT2D eigenvalue weighted by atomic mass is 10.2. The van der Waals surface area contributed by atoms with E-state index in [-0.39, 0.29) is 5.91 Å². The Labute approximate surface area is 277 Å². The Morgan fingerprint density at radius 3 is 0.957 bits per heavy atom. The van der Waals surface area contributed by atoms with E-state index < -0.39 is 0 Å². The summed E-state index contributed by atoms with van der Waals surface area (Å²) in [6, 6.07) is 0. The van der Waals surface area contributed by atoms with Gasteiger partial charge in [0, 0.05) is 20.1 Å². The Bertz CT molecular complexity index is 578. The molecule has 0 aromatic carbocycles. The van der Waals surface area contributed by atoms with Gasteiger partial charge in [-0.3, -0.25) is 4.79 Å². The number of rotatable bonds is 41. The lowest BCUT2D eigenvalue weighted by Crippen LogP contribution is -2.25. The van der Waals surface area contributed by atoms with Gasteiger partial charge in [-0.15, -0.1) is 0 Å². The summed E-state index contributed by atoms with van der Waals surface area (Å²) in [5.41, 5.74) is 0. The van der Waals surface area contributed by atoms with E-state index in [1.165, 1.54) is 12.8 Å². The maximum atomic E-state index is 11.7. The lowest BCUT2D eigenvalue weighted by molar-refractivity contribution is -0.122. The Hall–Kier alpha value is -1.01. The first kappa shape index (κ1) is 45.0. The quantitative estimate of drug-likeness (QED) is 0.0948. The van der Waals surface area contributed by atoms with Crippen LogP contribution >= 0.6 is 0 Å². The molecule has 0 saturated carbocycles. The number of carbonyl (C=O) groups excluding carboxylic acids is 1. The molecular formula is C32H65NO13. The van der Waals surface area contributed by atoms with E-state index >= 15 is 0 Å². The van der Waals surface area contributed by atoms with Crippen molar-refractivity contribution in [3.8, 4) is 0 Å². The Morgan fingerprint density at radius 1 is 0.391 bits per heavy atom. The second kappa shape index (κ2) is 42.0. The second-order valence-electron chi connectivity index (χ2n) is 9.89. The van der Waals surface area contributed by atoms with E-state index in [9.17, 15) is 4.79 Å². The molecule has 0 fully saturated rings. The summed E-state index contributed by atoms with van der Waals surface area (Å²) in [4.78, 5) is 11.7. The van der Waals surface area contributed by atoms with Gasteiger partial charge in [-0.25, -0.2) is 0 Å². The zero-order chi connectivity index (χ0) is 33.3. The van der Waals surface area contributed by atoms with Crippen LogP contribution in [0.4, 0.5) is 0 Å². The van der Waals surface area contributed by atoms with E-state index in [4.69, 9.17) is 56.8 Å². The molecule has 0 bridgehead atoms. The molecule has 14 nitrogen and oxygen atoms in total. The molecule has 0 aliphatic rings. The third-order valence-electron chi connectivity index (χ3n) is 5.98. The number of carbonyl (C=O) groups is 1. The number of nitrogens with one attached hydrogen (secondary N) is 1. The van der Waals surface area contributed by atoms with Crippen LogP contribution in [0.1, 0.15) is 39.0 Å². The average molecular weight is 672 g/mol. The van der Waals surface area contributed by atoms with Gasteiger partial charge in [-0.1, -0.05) is 26.2 Å². The Morgan fingerprint density at radius 2 is 0.674 bits per heavy atom. The summed E-state index contributed by atoms with van der Waals surface area (Å²) in [5.74, 6) is 0.0401. The molecule has 0 aliphatic carbocycles. The summed E-state index contributed by atoms with van der Waals surface area (Å²) in [6.45, 7) is 14.7. The molecule has 0 heterocycles. The van der Waals surface area contributed by atoms with Crippen molar-refractivity contribution in [3.05, 3.63) is 0 Å². The number of amides is 1. The maximum Gasteiger partial charge on any atom is 0.222 e. The van der Waals surface area contributed by atoms with E-state index in [2.05, 4.69) is 12.2 Å². The van der Waals surface area contributed by atoms with Gasteiger partial charge in [0.15, 0.2) is 0 Å². The number of methoxy groups -OCH3 is 1. The fraction of sp³-hybridized carbons (Fsp3) is 0.969. The van der Waals surface area contributed by atoms with Crippen molar-refractivity contribution in [2.24, 2.45) is 0 Å². The van der Waals surface area contributed by atoms with Gasteiger partial charge in [-0.05, 0) is 6.42 Å². The summed E-state index contributed by atoms with van der Waals surface area (Å²) < 4.78 is 64.7. The first-order valence-electron chi connectivity index (χ1n) is 16.9.